The molecule has 162 valence electrons. The van der Waals surface area contributed by atoms with Crippen molar-refractivity contribution in [2.45, 2.75) is 43.6 Å². The van der Waals surface area contributed by atoms with Gasteiger partial charge in [-0.05, 0) is 43.5 Å². The Kier molecular flexibility index (Phi) is 4.65. The lowest BCUT2D eigenvalue weighted by Gasteiger charge is -2.38. The molecule has 0 amide bonds. The summed E-state index contributed by atoms with van der Waals surface area (Å²) in [7, 11) is 3.26. The summed E-state index contributed by atoms with van der Waals surface area (Å²) in [4.78, 5) is 14.1. The lowest BCUT2D eigenvalue weighted by Crippen LogP contribution is -2.55. The predicted molar refractivity (Wildman–Crippen MR) is 113 cm³/mol. The van der Waals surface area contributed by atoms with Gasteiger partial charge in [-0.1, -0.05) is 0 Å². The van der Waals surface area contributed by atoms with Gasteiger partial charge in [-0.15, -0.1) is 10.2 Å². The minimum atomic E-state index is -0.986. The van der Waals surface area contributed by atoms with Gasteiger partial charge in [0.25, 0.3) is 5.56 Å². The van der Waals surface area contributed by atoms with Crippen LogP contribution in [0.4, 0.5) is 14.6 Å². The summed E-state index contributed by atoms with van der Waals surface area (Å²) in [6, 6.07) is 5.94. The van der Waals surface area contributed by atoms with Gasteiger partial charge in [0.1, 0.15) is 17.7 Å². The maximum absolute atomic E-state index is 14.9. The van der Waals surface area contributed by atoms with Crippen LogP contribution in [0.1, 0.15) is 19.3 Å². The molecule has 0 saturated carbocycles. The van der Waals surface area contributed by atoms with Gasteiger partial charge in [0, 0.05) is 43.3 Å². The van der Waals surface area contributed by atoms with E-state index in [1.54, 1.807) is 12.1 Å². The van der Waals surface area contributed by atoms with Crippen molar-refractivity contribution in [2.75, 3.05) is 11.9 Å². The van der Waals surface area contributed by atoms with Gasteiger partial charge in [0.2, 0.25) is 0 Å². The molecule has 2 aliphatic rings. The van der Waals surface area contributed by atoms with Crippen molar-refractivity contribution in [3.05, 3.63) is 46.6 Å². The Morgan fingerprint density at radius 1 is 1.23 bits per heavy atom. The van der Waals surface area contributed by atoms with Gasteiger partial charge < -0.3 is 19.9 Å². The van der Waals surface area contributed by atoms with Crippen molar-refractivity contribution >= 4 is 16.6 Å². The number of anilines is 1. The third-order valence-electron chi connectivity index (χ3n) is 6.59. The minimum Gasteiger partial charge on any atom is -0.507 e. The average molecular weight is 427 g/mol. The minimum absolute atomic E-state index is 0.0857. The molecule has 5 rings (SSSR count). The van der Waals surface area contributed by atoms with E-state index in [-0.39, 0.29) is 34.2 Å². The van der Waals surface area contributed by atoms with E-state index < -0.39 is 17.5 Å². The molecule has 4 heterocycles. The molecular formula is C22H23F2N5O2. The van der Waals surface area contributed by atoms with E-state index in [1.165, 1.54) is 19.2 Å². The maximum Gasteiger partial charge on any atom is 0.258 e. The summed E-state index contributed by atoms with van der Waals surface area (Å²) in [5, 5.41) is 22.4. The highest BCUT2D eigenvalue weighted by atomic mass is 19.1. The molecule has 3 aromatic rings. The molecule has 2 aliphatic heterocycles. The number of aromatic hydroxyl groups is 1. The third-order valence-corrected chi connectivity index (χ3v) is 6.59. The standard InChI is InChI=1S/C22H23F2N5O2/c1-28-10-15(23)12-8-14(19(30)9-13(12)22(28)31)16-5-6-20(27-26-16)29(2)18-7-11-3-4-17(25-11)21(18)24/h5-6,8-11,17-18,21,25,30H,3-4,7H2,1-2H3/t11?,17?,18-,21+/m1/s1. The van der Waals surface area contributed by atoms with Crippen molar-refractivity contribution < 1.29 is 13.9 Å². The Balaban J connectivity index is 1.47. The fourth-order valence-corrected chi connectivity index (χ4v) is 4.83. The van der Waals surface area contributed by atoms with E-state index in [4.69, 9.17) is 0 Å². The Labute approximate surface area is 177 Å². The van der Waals surface area contributed by atoms with E-state index in [9.17, 15) is 18.7 Å². The molecule has 7 nitrogen and oxygen atoms in total. The van der Waals surface area contributed by atoms with Crippen LogP contribution in [0, 0.1) is 5.82 Å². The number of piperidine rings is 1. The molecular weight excluding hydrogens is 404 g/mol. The molecule has 0 spiro atoms. The fraction of sp³-hybridized carbons (Fsp3) is 0.409. The average Bonchev–Trinajstić information content (AvgIpc) is 3.17. The number of halogens is 2. The first kappa shape index (κ1) is 19.9. The number of nitrogens with zero attached hydrogens (tertiary/aromatic N) is 4. The number of aromatic nitrogens is 3. The number of fused-ring (bicyclic) bond motifs is 3. The van der Waals surface area contributed by atoms with Crippen molar-refractivity contribution in [3.63, 3.8) is 0 Å². The molecule has 9 heteroatoms. The zero-order valence-corrected chi connectivity index (χ0v) is 17.2. The summed E-state index contributed by atoms with van der Waals surface area (Å²) in [5.74, 6) is -0.237. The Morgan fingerprint density at radius 3 is 2.77 bits per heavy atom. The molecule has 0 aliphatic carbocycles. The summed E-state index contributed by atoms with van der Waals surface area (Å²) in [5.41, 5.74) is 0.196. The number of benzene rings is 1. The van der Waals surface area contributed by atoms with Crippen molar-refractivity contribution in [2.24, 2.45) is 7.05 Å². The lowest BCUT2D eigenvalue weighted by molar-refractivity contribution is 0.176. The number of aryl methyl sites for hydroxylation is 1. The van der Waals surface area contributed by atoms with E-state index >= 15 is 0 Å². The molecule has 4 atom stereocenters. The van der Waals surface area contributed by atoms with Crippen LogP contribution < -0.4 is 15.8 Å². The van der Waals surface area contributed by atoms with Gasteiger partial charge in [0.05, 0.1) is 17.1 Å². The quantitative estimate of drug-likeness (QED) is 0.668. The lowest BCUT2D eigenvalue weighted by atomic mass is 9.96. The van der Waals surface area contributed by atoms with Crippen molar-refractivity contribution in [1.82, 2.24) is 20.1 Å². The van der Waals surface area contributed by atoms with Gasteiger partial charge >= 0.3 is 0 Å². The van der Waals surface area contributed by atoms with Crippen LogP contribution in [-0.4, -0.2) is 51.2 Å². The van der Waals surface area contributed by atoms with E-state index in [2.05, 4.69) is 15.5 Å². The highest BCUT2D eigenvalue weighted by molar-refractivity contribution is 5.89. The van der Waals surface area contributed by atoms with Gasteiger partial charge in [-0.3, -0.25) is 4.79 Å². The number of alkyl halides is 1. The SMILES string of the molecule is CN(c1ccc(-c2cc3c(F)cn(C)c(=O)c3cc2O)nn1)[C@@H]1CC2CCC(N2)[C@@H]1F. The smallest absolute Gasteiger partial charge is 0.258 e. The topological polar surface area (TPSA) is 83.3 Å². The number of pyridine rings is 1. The molecule has 2 unspecified atom stereocenters. The highest BCUT2D eigenvalue weighted by Gasteiger charge is 2.43. The first-order valence-corrected chi connectivity index (χ1v) is 10.3. The normalized spacial score (nSPS) is 25.2. The molecule has 2 aromatic heterocycles. The van der Waals surface area contributed by atoms with Gasteiger partial charge in [-0.2, -0.15) is 0 Å². The predicted octanol–water partition coefficient (Wildman–Crippen LogP) is 2.51. The van der Waals surface area contributed by atoms with Gasteiger partial charge in [0.15, 0.2) is 5.82 Å². The largest absolute Gasteiger partial charge is 0.507 e. The number of nitrogens with one attached hydrogen (secondary N) is 1. The number of hydrogen-bond donors (Lipinski definition) is 2. The van der Waals surface area contributed by atoms with E-state index in [0.29, 0.717) is 24.0 Å². The zero-order chi connectivity index (χ0) is 21.9. The van der Waals surface area contributed by atoms with Crippen LogP contribution in [0.2, 0.25) is 0 Å². The molecule has 31 heavy (non-hydrogen) atoms. The number of phenolic OH excluding ortho intramolecular Hbond substituents is 1. The van der Waals surface area contributed by atoms with Crippen LogP contribution in [-0.2, 0) is 7.05 Å². The van der Waals surface area contributed by atoms with Gasteiger partial charge in [-0.25, -0.2) is 8.78 Å². The van der Waals surface area contributed by atoms with Crippen LogP contribution in [0.3, 0.4) is 0 Å². The first-order chi connectivity index (χ1) is 14.8. The van der Waals surface area contributed by atoms with E-state index in [0.717, 1.165) is 23.6 Å². The number of hydrogen-bond acceptors (Lipinski definition) is 6. The molecule has 2 fully saturated rings. The monoisotopic (exact) mass is 427 g/mol. The molecule has 2 saturated heterocycles. The van der Waals surface area contributed by atoms with Crippen molar-refractivity contribution in [3.8, 4) is 17.0 Å². The zero-order valence-electron chi connectivity index (χ0n) is 17.2. The van der Waals surface area contributed by atoms with Crippen LogP contribution in [0.25, 0.3) is 22.0 Å². The second-order valence-electron chi connectivity index (χ2n) is 8.49. The van der Waals surface area contributed by atoms with Crippen LogP contribution in [0.5, 0.6) is 5.75 Å². The van der Waals surface area contributed by atoms with Crippen molar-refractivity contribution in [1.29, 1.82) is 0 Å². The number of phenols is 1. The molecule has 2 bridgehead atoms. The molecule has 1 aromatic carbocycles. The third kappa shape index (κ3) is 3.23. The Hall–Kier alpha value is -3.07. The van der Waals surface area contributed by atoms with Crippen LogP contribution in [0.15, 0.2) is 35.3 Å². The highest BCUT2D eigenvalue weighted by Crippen LogP contribution is 2.35. The summed E-state index contributed by atoms with van der Waals surface area (Å²) < 4.78 is 30.4. The number of rotatable bonds is 3. The summed E-state index contributed by atoms with van der Waals surface area (Å²) in [6.45, 7) is 0. The fourth-order valence-electron chi connectivity index (χ4n) is 4.83. The van der Waals surface area contributed by atoms with E-state index in [1.807, 2.05) is 11.9 Å². The Morgan fingerprint density at radius 2 is 2.03 bits per heavy atom. The molecule has 2 N–H and O–H groups in total. The second-order valence-corrected chi connectivity index (χ2v) is 8.49. The maximum atomic E-state index is 14.9. The summed E-state index contributed by atoms with van der Waals surface area (Å²) in [6.07, 6.45) is 2.66. The molecule has 0 radical (unpaired) electrons. The first-order valence-electron chi connectivity index (χ1n) is 10.3. The Bertz CT molecular complexity index is 1210. The summed E-state index contributed by atoms with van der Waals surface area (Å²) >= 11 is 0. The van der Waals surface area contributed by atoms with Crippen LogP contribution >= 0.6 is 0 Å². The second kappa shape index (κ2) is 7.26.